The second-order valence-corrected chi connectivity index (χ2v) is 7.58. The van der Waals surface area contributed by atoms with Gasteiger partial charge in [0, 0.05) is 32.1 Å². The van der Waals surface area contributed by atoms with Gasteiger partial charge in [0.05, 0.1) is 12.2 Å². The molecule has 0 spiro atoms. The Morgan fingerprint density at radius 1 is 0.808 bits per heavy atom. The summed E-state index contributed by atoms with van der Waals surface area (Å²) in [4.78, 5) is 34.6. The van der Waals surface area contributed by atoms with Gasteiger partial charge in [0.15, 0.2) is 0 Å². The van der Waals surface area contributed by atoms with Crippen molar-refractivity contribution in [3.05, 3.63) is 0 Å². The largest absolute Gasteiger partial charge is 0.481 e. The minimum Gasteiger partial charge on any atom is -0.481 e. The number of Topliss-reactive ketones (excluding diaryl/α,β-unsaturated/α-hetero) is 2. The van der Waals surface area contributed by atoms with Gasteiger partial charge in [-0.1, -0.05) is 19.8 Å². The molecule has 1 aliphatic rings. The van der Waals surface area contributed by atoms with Crippen LogP contribution in [0.15, 0.2) is 0 Å². The second kappa shape index (κ2) is 12.2. The van der Waals surface area contributed by atoms with E-state index in [4.69, 9.17) is 5.11 Å². The van der Waals surface area contributed by atoms with Crippen molar-refractivity contribution in [3.63, 3.8) is 0 Å². The van der Waals surface area contributed by atoms with Crippen molar-refractivity contribution in [2.75, 3.05) is 0 Å². The summed E-state index contributed by atoms with van der Waals surface area (Å²) in [6.45, 7) is 2.09. The van der Waals surface area contributed by atoms with Gasteiger partial charge in [0.2, 0.25) is 0 Å². The Balaban J connectivity index is 2.42. The fourth-order valence-corrected chi connectivity index (χ4v) is 3.85. The van der Waals surface area contributed by atoms with Crippen LogP contribution >= 0.6 is 0 Å². The Kier molecular flexibility index (Phi) is 10.7. The number of ketones is 2. The minimum absolute atomic E-state index is 0.00666. The molecule has 3 N–H and O–H groups in total. The summed E-state index contributed by atoms with van der Waals surface area (Å²) in [6, 6.07) is 0. The summed E-state index contributed by atoms with van der Waals surface area (Å²) in [5.74, 6) is -1.21. The third kappa shape index (κ3) is 8.41. The predicted molar refractivity (Wildman–Crippen MR) is 97.7 cm³/mol. The molecule has 0 amide bonds. The molecule has 0 aromatic heterocycles. The zero-order chi connectivity index (χ0) is 19.5. The Bertz CT molecular complexity index is 461. The van der Waals surface area contributed by atoms with Gasteiger partial charge in [-0.05, 0) is 43.9 Å². The van der Waals surface area contributed by atoms with E-state index in [0.717, 1.165) is 19.3 Å². The third-order valence-electron chi connectivity index (χ3n) is 5.40. The molecule has 6 heteroatoms. The van der Waals surface area contributed by atoms with E-state index in [1.54, 1.807) is 0 Å². The Morgan fingerprint density at radius 2 is 1.38 bits per heavy atom. The molecule has 1 aliphatic carbocycles. The van der Waals surface area contributed by atoms with Gasteiger partial charge < -0.3 is 15.3 Å². The summed E-state index contributed by atoms with van der Waals surface area (Å²) < 4.78 is 0. The Labute approximate surface area is 156 Å². The van der Waals surface area contributed by atoms with Crippen molar-refractivity contribution in [3.8, 4) is 0 Å². The summed E-state index contributed by atoms with van der Waals surface area (Å²) in [5, 5.41) is 29.0. The number of hydrogen-bond donors (Lipinski definition) is 3. The molecule has 0 aromatic rings. The minimum atomic E-state index is -0.865. The molecule has 0 heterocycles. The van der Waals surface area contributed by atoms with Crippen LogP contribution in [0.4, 0.5) is 0 Å². The first-order valence-corrected chi connectivity index (χ1v) is 9.96. The number of carboxylic acid groups (broad SMARTS) is 1. The van der Waals surface area contributed by atoms with Crippen molar-refractivity contribution in [1.29, 1.82) is 0 Å². The van der Waals surface area contributed by atoms with E-state index in [0.29, 0.717) is 38.5 Å². The maximum Gasteiger partial charge on any atom is 0.303 e. The highest BCUT2D eigenvalue weighted by atomic mass is 16.4. The quantitative estimate of drug-likeness (QED) is 0.405. The molecule has 1 saturated carbocycles. The topological polar surface area (TPSA) is 112 Å². The number of hydrogen-bond acceptors (Lipinski definition) is 5. The first-order valence-electron chi connectivity index (χ1n) is 9.96. The van der Waals surface area contributed by atoms with E-state index in [2.05, 4.69) is 6.92 Å². The smallest absolute Gasteiger partial charge is 0.303 e. The fraction of sp³-hybridized carbons (Fsp3) is 0.850. The average molecular weight is 370 g/mol. The highest BCUT2D eigenvalue weighted by Crippen LogP contribution is 2.38. The summed E-state index contributed by atoms with van der Waals surface area (Å²) >= 11 is 0. The number of rotatable bonds is 14. The molecule has 6 nitrogen and oxygen atoms in total. The van der Waals surface area contributed by atoms with Gasteiger partial charge >= 0.3 is 5.97 Å². The van der Waals surface area contributed by atoms with Crippen LogP contribution in [0.3, 0.4) is 0 Å². The molecule has 26 heavy (non-hydrogen) atoms. The first kappa shape index (κ1) is 22.8. The van der Waals surface area contributed by atoms with Gasteiger partial charge in [-0.2, -0.15) is 0 Å². The van der Waals surface area contributed by atoms with Crippen molar-refractivity contribution in [1.82, 2.24) is 0 Å². The molecule has 0 aliphatic heterocycles. The van der Waals surface area contributed by atoms with Gasteiger partial charge in [-0.3, -0.25) is 14.4 Å². The van der Waals surface area contributed by atoms with Crippen LogP contribution in [0.25, 0.3) is 0 Å². The maximum atomic E-state index is 12.1. The van der Waals surface area contributed by atoms with E-state index in [1.807, 2.05) is 0 Å². The number of aliphatic carboxylic acids is 1. The van der Waals surface area contributed by atoms with Gasteiger partial charge in [0.1, 0.15) is 11.6 Å². The second-order valence-electron chi connectivity index (χ2n) is 7.58. The van der Waals surface area contributed by atoms with Crippen LogP contribution in [0.2, 0.25) is 0 Å². The van der Waals surface area contributed by atoms with Crippen LogP contribution in [0.5, 0.6) is 0 Å². The molecule has 0 bridgehead atoms. The van der Waals surface area contributed by atoms with Crippen molar-refractivity contribution in [2.24, 2.45) is 11.8 Å². The molecule has 1 rings (SSSR count). The third-order valence-corrected chi connectivity index (χ3v) is 5.40. The molecule has 150 valence electrons. The predicted octanol–water partition coefficient (Wildman–Crippen LogP) is 2.88. The lowest BCUT2D eigenvalue weighted by Crippen LogP contribution is -2.25. The zero-order valence-corrected chi connectivity index (χ0v) is 15.9. The monoisotopic (exact) mass is 370 g/mol. The number of carbonyl (C=O) groups excluding carboxylic acids is 2. The zero-order valence-electron chi connectivity index (χ0n) is 15.9. The fourth-order valence-electron chi connectivity index (χ4n) is 3.85. The van der Waals surface area contributed by atoms with Crippen molar-refractivity contribution >= 4 is 17.5 Å². The van der Waals surface area contributed by atoms with Gasteiger partial charge in [-0.25, -0.2) is 0 Å². The molecule has 4 atom stereocenters. The highest BCUT2D eigenvalue weighted by Gasteiger charge is 2.42. The van der Waals surface area contributed by atoms with E-state index in [1.165, 1.54) is 0 Å². The van der Waals surface area contributed by atoms with E-state index in [9.17, 15) is 24.6 Å². The normalized spacial score (nSPS) is 25.3. The molecule has 0 radical (unpaired) electrons. The number of carboxylic acids is 1. The lowest BCUT2D eigenvalue weighted by Gasteiger charge is -2.22. The number of carbonyl (C=O) groups is 3. The average Bonchev–Trinajstić information content (AvgIpc) is 2.83. The van der Waals surface area contributed by atoms with Crippen LogP contribution < -0.4 is 0 Å². The lowest BCUT2D eigenvalue weighted by atomic mass is 9.84. The number of aliphatic hydroxyl groups excluding tert-OH is 2. The number of aliphatic hydroxyl groups is 2. The molecular formula is C20H34O6. The standard InChI is InChI=1S/C20H34O6/c1-2-3-4-7-14(21)10-11-16-17(19(24)13-18(16)23)12-15(22)8-5-6-9-20(25)26/h16-19,23-24H,2-13H2,1H3,(H,25,26)/t16-,17+,18-,19-/m1/s1. The molecular weight excluding hydrogens is 336 g/mol. The molecule has 0 aromatic carbocycles. The Hall–Kier alpha value is -1.27. The molecule has 0 saturated heterocycles. The van der Waals surface area contributed by atoms with Gasteiger partial charge in [0.25, 0.3) is 0 Å². The van der Waals surface area contributed by atoms with E-state index >= 15 is 0 Å². The lowest BCUT2D eigenvalue weighted by molar-refractivity contribution is -0.137. The summed E-state index contributed by atoms with van der Waals surface area (Å²) in [5.41, 5.74) is 0. The number of unbranched alkanes of at least 4 members (excludes halogenated alkanes) is 3. The highest BCUT2D eigenvalue weighted by molar-refractivity contribution is 5.79. The van der Waals surface area contributed by atoms with Crippen molar-refractivity contribution in [2.45, 2.75) is 96.2 Å². The van der Waals surface area contributed by atoms with Crippen LogP contribution in [0.1, 0.15) is 84.0 Å². The summed E-state index contributed by atoms with van der Waals surface area (Å²) in [6.07, 6.45) is 4.88. The first-order chi connectivity index (χ1) is 12.3. The maximum absolute atomic E-state index is 12.1. The van der Waals surface area contributed by atoms with E-state index < -0.39 is 18.2 Å². The van der Waals surface area contributed by atoms with Crippen LogP contribution in [-0.2, 0) is 14.4 Å². The van der Waals surface area contributed by atoms with Crippen LogP contribution in [-0.4, -0.2) is 45.1 Å². The summed E-state index contributed by atoms with van der Waals surface area (Å²) in [7, 11) is 0. The van der Waals surface area contributed by atoms with E-state index in [-0.39, 0.29) is 42.7 Å². The van der Waals surface area contributed by atoms with Crippen molar-refractivity contribution < 1.29 is 29.7 Å². The van der Waals surface area contributed by atoms with Gasteiger partial charge in [-0.15, -0.1) is 0 Å². The molecule has 0 unspecified atom stereocenters. The van der Waals surface area contributed by atoms with Crippen LogP contribution in [0, 0.1) is 11.8 Å². The Morgan fingerprint density at radius 3 is 2.04 bits per heavy atom. The SMILES string of the molecule is CCCCCC(=O)CC[C@@H]1[C@H](CC(=O)CCCCC(=O)O)[C@H](O)C[C@H]1O. The molecule has 1 fully saturated rings.